The van der Waals surface area contributed by atoms with Crippen molar-refractivity contribution in [2.24, 2.45) is 16.0 Å². The van der Waals surface area contributed by atoms with Gasteiger partial charge in [-0.15, -0.1) is 0 Å². The van der Waals surface area contributed by atoms with Gasteiger partial charge in [-0.1, -0.05) is 24.3 Å². The van der Waals surface area contributed by atoms with Gasteiger partial charge < -0.3 is 24.6 Å². The molecular weight excluding hydrogens is 722 g/mol. The van der Waals surface area contributed by atoms with E-state index in [0.29, 0.717) is 39.9 Å². The van der Waals surface area contributed by atoms with Crippen molar-refractivity contribution >= 4 is 64.7 Å². The van der Waals surface area contributed by atoms with Crippen LogP contribution in [0.1, 0.15) is 37.8 Å². The smallest absolute Gasteiger partial charge is 0.416 e. The number of hydrazone groups is 2. The number of anilines is 1. The standard InChI is InChI=1S/C20H14F3N3O3S.C14H15N5O2S/c21-20(22,23)14-5-7-15(8-6-14)25-19(30)26-24-11-16-9-10-17(29-16)12-1-3-13(4-2-12)18(27)28;1-16-13(20)10-4-2-9(3-5-10)12-7-6-11(21-12)8-17-19-14(22)18-15/h1-11H,(H,27,28)(H2,25,26,30);2-8H,15H2,1H3,(H,16,20)(H2,18,19,22)/b24-11+;17-8+. The first-order valence-electron chi connectivity index (χ1n) is 14.8. The number of carboxylic acids is 1. The Hall–Kier alpha value is -6.37. The van der Waals surface area contributed by atoms with Gasteiger partial charge in [0.1, 0.15) is 23.0 Å². The number of nitrogens with zero attached hydrogens (tertiary/aromatic N) is 2. The summed E-state index contributed by atoms with van der Waals surface area (Å²) in [6.07, 6.45) is -1.55. The second kappa shape index (κ2) is 18.0. The summed E-state index contributed by atoms with van der Waals surface area (Å²) in [6, 6.07) is 24.7. The number of hydrazine groups is 1. The lowest BCUT2D eigenvalue weighted by Crippen LogP contribution is -2.37. The van der Waals surface area contributed by atoms with Crippen LogP contribution in [0, 0.1) is 0 Å². The minimum atomic E-state index is -4.40. The molecule has 13 nitrogen and oxygen atoms in total. The lowest BCUT2D eigenvalue weighted by atomic mass is 10.1. The number of hydrogen-bond donors (Lipinski definition) is 7. The van der Waals surface area contributed by atoms with E-state index in [9.17, 15) is 22.8 Å². The highest BCUT2D eigenvalue weighted by Gasteiger charge is 2.29. The zero-order chi connectivity index (χ0) is 37.7. The van der Waals surface area contributed by atoms with Gasteiger partial charge in [0.2, 0.25) is 5.11 Å². The van der Waals surface area contributed by atoms with Crippen molar-refractivity contribution in [3.05, 3.63) is 125 Å². The second-order valence-corrected chi connectivity index (χ2v) is 11.0. The molecule has 0 fully saturated rings. The predicted molar refractivity (Wildman–Crippen MR) is 198 cm³/mol. The van der Waals surface area contributed by atoms with Crippen molar-refractivity contribution in [2.45, 2.75) is 6.18 Å². The van der Waals surface area contributed by atoms with Crippen LogP contribution >= 0.6 is 24.4 Å². The van der Waals surface area contributed by atoms with Crippen LogP contribution in [0.4, 0.5) is 18.9 Å². The third-order valence-corrected chi connectivity index (χ3v) is 7.05. The third-order valence-electron chi connectivity index (χ3n) is 6.65. The van der Waals surface area contributed by atoms with Gasteiger partial charge in [0.05, 0.1) is 23.6 Å². The van der Waals surface area contributed by atoms with E-state index in [2.05, 4.69) is 37.1 Å². The van der Waals surface area contributed by atoms with Crippen LogP contribution in [0.5, 0.6) is 0 Å². The SMILES string of the molecule is CNC(=O)c1ccc(-c2ccc(/C=N/NC(=S)NN)o2)cc1.O=C(O)c1ccc(-c2ccc(/C=N/NC(=S)Nc3ccc(C(F)(F)F)cc3)o2)cc1. The van der Waals surface area contributed by atoms with E-state index in [1.807, 2.05) is 18.2 Å². The van der Waals surface area contributed by atoms with Gasteiger partial charge in [-0.25, -0.2) is 10.6 Å². The number of carbonyl (C=O) groups excluding carboxylic acids is 1. The molecule has 0 aliphatic heterocycles. The molecule has 0 aliphatic carbocycles. The zero-order valence-corrected chi connectivity index (χ0v) is 28.5. The van der Waals surface area contributed by atoms with E-state index in [1.165, 1.54) is 36.7 Å². The Kier molecular flexibility index (Phi) is 13.3. The number of amides is 1. The molecule has 18 heteroatoms. The third kappa shape index (κ3) is 11.3. The van der Waals surface area contributed by atoms with E-state index >= 15 is 0 Å². The first kappa shape index (κ1) is 38.4. The number of carboxylic acid groups (broad SMARTS) is 1. The zero-order valence-electron chi connectivity index (χ0n) is 26.9. The van der Waals surface area contributed by atoms with Crippen LogP contribution in [0.25, 0.3) is 22.6 Å². The van der Waals surface area contributed by atoms with E-state index in [0.717, 1.165) is 17.7 Å². The Balaban J connectivity index is 0.000000244. The molecule has 5 aromatic rings. The van der Waals surface area contributed by atoms with Crippen molar-refractivity contribution in [1.82, 2.24) is 21.6 Å². The topological polar surface area (TPSA) is 192 Å². The normalized spacial score (nSPS) is 11.0. The van der Waals surface area contributed by atoms with Gasteiger partial charge in [-0.2, -0.15) is 23.4 Å². The summed E-state index contributed by atoms with van der Waals surface area (Å²) in [7, 11) is 1.59. The summed E-state index contributed by atoms with van der Waals surface area (Å²) in [5.74, 6) is 6.12. The van der Waals surface area contributed by atoms with Crippen molar-refractivity contribution in [3.63, 3.8) is 0 Å². The Labute approximate surface area is 304 Å². The maximum Gasteiger partial charge on any atom is 0.416 e. The summed E-state index contributed by atoms with van der Waals surface area (Å²) in [5.41, 5.74) is 9.24. The maximum absolute atomic E-state index is 12.6. The van der Waals surface area contributed by atoms with E-state index in [-0.39, 0.29) is 21.7 Å². The first-order chi connectivity index (χ1) is 24.9. The minimum Gasteiger partial charge on any atom is -0.478 e. The average molecular weight is 751 g/mol. The predicted octanol–water partition coefficient (Wildman–Crippen LogP) is 5.96. The first-order valence-corrected chi connectivity index (χ1v) is 15.6. The van der Waals surface area contributed by atoms with Gasteiger partial charge in [0, 0.05) is 29.4 Å². The highest BCUT2D eigenvalue weighted by atomic mass is 32.1. The van der Waals surface area contributed by atoms with Crippen LogP contribution in [0.3, 0.4) is 0 Å². The molecule has 3 aromatic carbocycles. The molecule has 2 aromatic heterocycles. The molecule has 5 rings (SSSR count). The Morgan fingerprint density at radius 3 is 1.65 bits per heavy atom. The van der Waals surface area contributed by atoms with Gasteiger partial charge >= 0.3 is 12.1 Å². The number of hydrogen-bond acceptors (Lipinski definition) is 9. The molecule has 8 N–H and O–H groups in total. The van der Waals surface area contributed by atoms with E-state index < -0.39 is 17.7 Å². The minimum absolute atomic E-state index is 0.0852. The molecule has 0 spiro atoms. The van der Waals surface area contributed by atoms with Gasteiger partial charge in [0.15, 0.2) is 5.11 Å². The molecule has 1 amide bonds. The van der Waals surface area contributed by atoms with Crippen LogP contribution in [0.15, 0.2) is 116 Å². The van der Waals surface area contributed by atoms with Crippen molar-refractivity contribution in [2.75, 3.05) is 12.4 Å². The molecule has 0 saturated carbocycles. The largest absolute Gasteiger partial charge is 0.478 e. The highest BCUT2D eigenvalue weighted by molar-refractivity contribution is 7.80. The fraction of sp³-hybridized carbons (Fsp3) is 0.0588. The monoisotopic (exact) mass is 750 g/mol. The number of carbonyl (C=O) groups is 2. The summed E-state index contributed by atoms with van der Waals surface area (Å²) < 4.78 is 48.9. The molecule has 52 heavy (non-hydrogen) atoms. The molecular formula is C34H29F3N8O5S2. The van der Waals surface area contributed by atoms with Crippen molar-refractivity contribution in [1.29, 1.82) is 0 Å². The van der Waals surface area contributed by atoms with Crippen LogP contribution in [0.2, 0.25) is 0 Å². The van der Waals surface area contributed by atoms with E-state index in [1.54, 1.807) is 49.5 Å². The number of rotatable bonds is 9. The summed E-state index contributed by atoms with van der Waals surface area (Å²) in [5, 5.41) is 22.3. The molecule has 2 heterocycles. The molecule has 0 saturated heterocycles. The molecule has 0 unspecified atom stereocenters. The molecule has 0 bridgehead atoms. The van der Waals surface area contributed by atoms with Crippen LogP contribution < -0.4 is 32.8 Å². The molecule has 0 atom stereocenters. The van der Waals surface area contributed by atoms with E-state index in [4.69, 9.17) is 44.2 Å². The Morgan fingerprint density at radius 2 is 1.21 bits per heavy atom. The Bertz CT molecular complexity index is 2060. The van der Waals surface area contributed by atoms with Crippen molar-refractivity contribution < 1.29 is 36.7 Å². The second-order valence-electron chi connectivity index (χ2n) is 10.2. The summed E-state index contributed by atoms with van der Waals surface area (Å²) in [6.45, 7) is 0. The number of nitrogens with two attached hydrogens (primary N) is 1. The molecule has 268 valence electrons. The molecule has 0 radical (unpaired) electrons. The lowest BCUT2D eigenvalue weighted by Gasteiger charge is -2.09. The fourth-order valence-corrected chi connectivity index (χ4v) is 4.33. The number of nitrogens with one attached hydrogen (secondary N) is 5. The van der Waals surface area contributed by atoms with Crippen LogP contribution in [-0.4, -0.2) is 46.7 Å². The average Bonchev–Trinajstić information content (AvgIpc) is 3.82. The number of benzene rings is 3. The number of thiocarbonyl (C=S) groups is 2. The number of alkyl halides is 3. The van der Waals surface area contributed by atoms with Gasteiger partial charge in [0.25, 0.3) is 5.91 Å². The van der Waals surface area contributed by atoms with Crippen molar-refractivity contribution in [3.8, 4) is 22.6 Å². The molecule has 0 aliphatic rings. The lowest BCUT2D eigenvalue weighted by molar-refractivity contribution is -0.137. The maximum atomic E-state index is 12.6. The van der Waals surface area contributed by atoms with Crippen LogP contribution in [-0.2, 0) is 6.18 Å². The number of furan rings is 2. The quantitative estimate of drug-likeness (QED) is 0.0406. The number of aromatic carboxylic acids is 1. The summed E-state index contributed by atoms with van der Waals surface area (Å²) >= 11 is 9.81. The Morgan fingerprint density at radius 1 is 0.731 bits per heavy atom. The van der Waals surface area contributed by atoms with Gasteiger partial charge in [-0.05, 0) is 97.2 Å². The fourth-order valence-electron chi connectivity index (χ4n) is 4.10. The highest BCUT2D eigenvalue weighted by Crippen LogP contribution is 2.30. The van der Waals surface area contributed by atoms with Gasteiger partial charge in [-0.3, -0.25) is 21.1 Å². The number of halogens is 3. The summed E-state index contributed by atoms with van der Waals surface area (Å²) in [4.78, 5) is 22.4.